The van der Waals surface area contributed by atoms with Crippen molar-refractivity contribution in [1.29, 1.82) is 0 Å². The van der Waals surface area contributed by atoms with E-state index < -0.39 is 54.8 Å². The molecule has 0 aromatic heterocycles. The van der Waals surface area contributed by atoms with E-state index in [9.17, 15) is 20.1 Å². The number of ketones is 1. The smallest absolute Gasteiger partial charge is 0.202 e. The Kier molecular flexibility index (Phi) is 8.43. The van der Waals surface area contributed by atoms with E-state index in [1.54, 1.807) is 12.2 Å². The molecule has 10 heteroatoms. The van der Waals surface area contributed by atoms with Crippen molar-refractivity contribution in [2.45, 2.75) is 48.8 Å². The van der Waals surface area contributed by atoms with E-state index in [4.69, 9.17) is 35.7 Å². The summed E-state index contributed by atoms with van der Waals surface area (Å²) in [5.74, 6) is -0.101. The number of allylic oxidation sites excluding steroid dienone is 2. The zero-order valence-corrected chi connectivity index (χ0v) is 18.2. The highest BCUT2D eigenvalue weighted by atomic mass is 35.5. The summed E-state index contributed by atoms with van der Waals surface area (Å²) in [6, 6.07) is 9.50. The molecule has 176 valence electrons. The largest absolute Gasteiger partial charge is 0.489 e. The van der Waals surface area contributed by atoms with Gasteiger partial charge in [-0.1, -0.05) is 48.0 Å². The summed E-state index contributed by atoms with van der Waals surface area (Å²) < 4.78 is 21.6. The molecule has 1 saturated heterocycles. The van der Waals surface area contributed by atoms with Crippen molar-refractivity contribution >= 4 is 17.4 Å². The molecule has 6 atom stereocenters. The fourth-order valence-corrected chi connectivity index (χ4v) is 3.73. The number of carbonyl (C=O) groups excluding carboxylic acids is 1. The van der Waals surface area contributed by atoms with Gasteiger partial charge in [-0.2, -0.15) is 0 Å². The molecule has 2 aliphatic rings. The van der Waals surface area contributed by atoms with Crippen LogP contribution in [0.3, 0.4) is 0 Å². The summed E-state index contributed by atoms with van der Waals surface area (Å²) in [6.45, 7) is -0.821. The number of hydrogen-bond acceptors (Lipinski definition) is 9. The normalized spacial score (nSPS) is 32.8. The maximum absolute atomic E-state index is 12.7. The van der Waals surface area contributed by atoms with Gasteiger partial charge in [0, 0.05) is 19.1 Å². The van der Waals surface area contributed by atoms with Crippen molar-refractivity contribution in [3.05, 3.63) is 59.4 Å². The molecule has 0 bridgehead atoms. The molecule has 32 heavy (non-hydrogen) atoms. The van der Waals surface area contributed by atoms with E-state index in [1.807, 2.05) is 30.3 Å². The zero-order chi connectivity index (χ0) is 23.3. The zero-order valence-electron chi connectivity index (χ0n) is 17.5. The van der Waals surface area contributed by atoms with Gasteiger partial charge in [-0.15, -0.1) is 0 Å². The van der Waals surface area contributed by atoms with Crippen molar-refractivity contribution in [2.24, 2.45) is 0 Å². The fourth-order valence-electron chi connectivity index (χ4n) is 3.46. The van der Waals surface area contributed by atoms with Crippen LogP contribution < -0.4 is 0 Å². The summed E-state index contributed by atoms with van der Waals surface area (Å²) in [6.07, 6.45) is -4.07. The fraction of sp³-hybridized carbons (Fsp3) is 0.500. The van der Waals surface area contributed by atoms with Crippen LogP contribution in [0.1, 0.15) is 12.0 Å². The van der Waals surface area contributed by atoms with E-state index in [-0.39, 0.29) is 13.0 Å². The molecule has 0 amide bonds. The summed E-state index contributed by atoms with van der Waals surface area (Å²) in [5, 5.41) is 37.8. The molecule has 0 radical (unpaired) electrons. The van der Waals surface area contributed by atoms with Gasteiger partial charge in [0.1, 0.15) is 43.4 Å². The van der Waals surface area contributed by atoms with E-state index in [1.165, 1.54) is 7.11 Å². The van der Waals surface area contributed by atoms with Crippen LogP contribution in [0, 0.1) is 0 Å². The third kappa shape index (κ3) is 5.56. The Morgan fingerprint density at radius 2 is 1.91 bits per heavy atom. The standard InChI is InChI=1S/C22H27ClO9/c1-29-22(23)9-14(7-8-17(22)30-11-13-5-3-2-4-6-13)15(25)12-31-20-19(27)18(26)16(10-24)32-21(20)28/h2-8,16,18-21,24,26-28H,9-12H2,1H3/t16-,18-,19+,20-,21+,22?/m1/s1. The molecule has 1 fully saturated rings. The first kappa shape index (κ1) is 24.8. The Morgan fingerprint density at radius 1 is 1.19 bits per heavy atom. The van der Waals surface area contributed by atoms with E-state index in [0.717, 1.165) is 5.56 Å². The molecule has 3 rings (SSSR count). The minimum Gasteiger partial charge on any atom is -0.489 e. The molecule has 4 N–H and O–H groups in total. The van der Waals surface area contributed by atoms with Crippen LogP contribution >= 0.6 is 11.6 Å². The number of Topliss-reactive ketones (excluding diaryl/α,β-unsaturated/α-hetero) is 1. The van der Waals surface area contributed by atoms with Crippen molar-refractivity contribution in [2.75, 3.05) is 20.3 Å². The lowest BCUT2D eigenvalue weighted by atomic mass is 9.96. The van der Waals surface area contributed by atoms with Crippen molar-refractivity contribution in [3.63, 3.8) is 0 Å². The lowest BCUT2D eigenvalue weighted by Gasteiger charge is -2.39. The first-order valence-corrected chi connectivity index (χ1v) is 10.4. The third-order valence-corrected chi connectivity index (χ3v) is 5.86. The lowest BCUT2D eigenvalue weighted by molar-refractivity contribution is -0.294. The average Bonchev–Trinajstić information content (AvgIpc) is 2.81. The summed E-state index contributed by atoms with van der Waals surface area (Å²) >= 11 is 6.57. The highest BCUT2D eigenvalue weighted by Crippen LogP contribution is 2.38. The molecule has 1 unspecified atom stereocenters. The van der Waals surface area contributed by atoms with Crippen molar-refractivity contribution in [1.82, 2.24) is 0 Å². The Morgan fingerprint density at radius 3 is 2.56 bits per heavy atom. The topological polar surface area (TPSA) is 135 Å². The molecular weight excluding hydrogens is 444 g/mol. The van der Waals surface area contributed by atoms with Crippen molar-refractivity contribution < 1.29 is 44.2 Å². The third-order valence-electron chi connectivity index (χ3n) is 5.39. The monoisotopic (exact) mass is 470 g/mol. The number of hydrogen-bond donors (Lipinski definition) is 4. The number of rotatable bonds is 9. The molecule has 0 saturated carbocycles. The highest BCUT2D eigenvalue weighted by Gasteiger charge is 2.45. The molecular formula is C22H27ClO9. The quantitative estimate of drug-likeness (QED) is 0.378. The molecule has 1 aliphatic carbocycles. The van der Waals surface area contributed by atoms with Crippen LogP contribution in [0.4, 0.5) is 0 Å². The van der Waals surface area contributed by atoms with Gasteiger partial charge in [0.25, 0.3) is 0 Å². The van der Waals surface area contributed by atoms with Crippen LogP contribution in [0.5, 0.6) is 0 Å². The first-order chi connectivity index (χ1) is 15.3. The Hall–Kier alpha value is -1.82. The van der Waals surface area contributed by atoms with Gasteiger partial charge in [0.2, 0.25) is 5.06 Å². The Balaban J connectivity index is 1.62. The Labute approximate surface area is 190 Å². The van der Waals surface area contributed by atoms with Crippen LogP contribution in [-0.2, 0) is 30.3 Å². The van der Waals surface area contributed by atoms with Gasteiger partial charge in [-0.05, 0) is 11.6 Å². The summed E-state index contributed by atoms with van der Waals surface area (Å²) in [7, 11) is 1.40. The second-order valence-electron chi connectivity index (χ2n) is 7.53. The number of methoxy groups -OCH3 is 1. The van der Waals surface area contributed by atoms with Crippen LogP contribution in [0.15, 0.2) is 53.8 Å². The SMILES string of the molecule is COC1(Cl)CC(C(=O)CO[C@@H]2[C@@H](O)[C@H](O)[C@@H](CO)O[C@@H]2O)=CC=C1OCc1ccccc1. The molecule has 1 aromatic rings. The average molecular weight is 471 g/mol. The van der Waals surface area contributed by atoms with Crippen LogP contribution in [0.25, 0.3) is 0 Å². The van der Waals surface area contributed by atoms with Gasteiger partial charge in [0.05, 0.1) is 6.61 Å². The number of aliphatic hydroxyl groups is 4. The molecule has 1 aromatic carbocycles. The molecule has 1 aliphatic heterocycles. The maximum Gasteiger partial charge on any atom is 0.202 e. The minimum atomic E-state index is -1.62. The predicted octanol–water partition coefficient (Wildman–Crippen LogP) is 0.384. The van der Waals surface area contributed by atoms with Gasteiger partial charge >= 0.3 is 0 Å². The predicted molar refractivity (Wildman–Crippen MR) is 112 cm³/mol. The van der Waals surface area contributed by atoms with E-state index in [2.05, 4.69) is 0 Å². The summed E-state index contributed by atoms with van der Waals surface area (Å²) in [4.78, 5) is 12.7. The lowest BCUT2D eigenvalue weighted by Crippen LogP contribution is -2.59. The number of benzene rings is 1. The number of halogens is 1. The molecule has 9 nitrogen and oxygen atoms in total. The number of alkyl halides is 1. The minimum absolute atomic E-state index is 0.00928. The second kappa shape index (κ2) is 10.9. The number of carbonyl (C=O) groups is 1. The number of ether oxygens (including phenoxy) is 4. The van der Waals surface area contributed by atoms with Crippen LogP contribution in [-0.4, -0.2) is 82.3 Å². The summed E-state index contributed by atoms with van der Waals surface area (Å²) in [5.41, 5.74) is 1.24. The van der Waals surface area contributed by atoms with E-state index in [0.29, 0.717) is 11.3 Å². The Bertz CT molecular complexity index is 843. The van der Waals surface area contributed by atoms with Crippen LogP contribution in [0.2, 0.25) is 0 Å². The second-order valence-corrected chi connectivity index (χ2v) is 8.14. The van der Waals surface area contributed by atoms with Crippen molar-refractivity contribution in [3.8, 4) is 0 Å². The van der Waals surface area contributed by atoms with Gasteiger partial charge in [0.15, 0.2) is 12.1 Å². The molecule has 1 heterocycles. The maximum atomic E-state index is 12.7. The van der Waals surface area contributed by atoms with Gasteiger partial charge in [-0.25, -0.2) is 0 Å². The van der Waals surface area contributed by atoms with E-state index >= 15 is 0 Å². The molecule has 0 spiro atoms. The van der Waals surface area contributed by atoms with Gasteiger partial charge < -0.3 is 39.4 Å². The number of aliphatic hydroxyl groups excluding tert-OH is 4. The highest BCUT2D eigenvalue weighted by molar-refractivity contribution is 6.25. The van der Waals surface area contributed by atoms with Gasteiger partial charge in [-0.3, -0.25) is 4.79 Å². The first-order valence-electron chi connectivity index (χ1n) is 10.1.